The van der Waals surface area contributed by atoms with Gasteiger partial charge in [0.25, 0.3) is 5.56 Å². The first-order valence-corrected chi connectivity index (χ1v) is 10.7. The van der Waals surface area contributed by atoms with Crippen LogP contribution in [0.2, 0.25) is 5.15 Å². The fourth-order valence-corrected chi connectivity index (χ4v) is 4.43. The number of pyridine rings is 2. The van der Waals surface area contributed by atoms with Gasteiger partial charge >= 0.3 is 12.1 Å². The molecule has 0 saturated heterocycles. The average Bonchev–Trinajstić information content (AvgIpc) is 3.13. The van der Waals surface area contributed by atoms with Gasteiger partial charge in [0, 0.05) is 39.2 Å². The van der Waals surface area contributed by atoms with Crippen molar-refractivity contribution in [2.24, 2.45) is 0 Å². The second-order valence-electron chi connectivity index (χ2n) is 7.89. The van der Waals surface area contributed by atoms with E-state index in [0.717, 1.165) is 17.5 Å². The van der Waals surface area contributed by atoms with E-state index in [4.69, 9.17) is 11.6 Å². The predicted molar refractivity (Wildman–Crippen MR) is 126 cm³/mol. The third-order valence-corrected chi connectivity index (χ3v) is 6.09. The molecule has 0 spiro atoms. The third kappa shape index (κ3) is 3.93. The molecule has 176 valence electrons. The van der Waals surface area contributed by atoms with E-state index in [9.17, 15) is 27.9 Å². The minimum atomic E-state index is -4.66. The van der Waals surface area contributed by atoms with E-state index in [0.29, 0.717) is 11.1 Å². The number of aromatic carboxylic acids is 1. The number of benzene rings is 2. The number of nitrogens with one attached hydrogen (secondary N) is 1. The monoisotopic (exact) mass is 497 g/mol. The summed E-state index contributed by atoms with van der Waals surface area (Å²) >= 11 is 6.39. The molecule has 10 heteroatoms. The van der Waals surface area contributed by atoms with Crippen molar-refractivity contribution in [3.8, 4) is 11.1 Å². The summed E-state index contributed by atoms with van der Waals surface area (Å²) in [5.74, 6) is -1.40. The fraction of sp³-hybridized carbons (Fsp3) is 0.0800. The topological polar surface area (TPSA) is 88.0 Å². The fourth-order valence-electron chi connectivity index (χ4n) is 4.23. The largest absolute Gasteiger partial charge is 0.477 e. The van der Waals surface area contributed by atoms with Gasteiger partial charge in [0.05, 0.1) is 17.6 Å². The van der Waals surface area contributed by atoms with Crippen LogP contribution in [0.4, 0.5) is 13.2 Å². The number of fused-ring (bicyclic) bond motifs is 2. The Bertz CT molecular complexity index is 1690. The maximum Gasteiger partial charge on any atom is 0.416 e. The van der Waals surface area contributed by atoms with Crippen molar-refractivity contribution in [3.63, 3.8) is 0 Å². The van der Waals surface area contributed by atoms with Gasteiger partial charge in [-0.1, -0.05) is 29.8 Å². The highest BCUT2D eigenvalue weighted by Gasteiger charge is 2.33. The van der Waals surface area contributed by atoms with E-state index in [1.165, 1.54) is 29.0 Å². The van der Waals surface area contributed by atoms with Gasteiger partial charge in [-0.25, -0.2) is 9.78 Å². The SMILES string of the molecule is O=C(O)c1c(-c2ccc[nH]c2=O)c2cc(C(F)(F)F)ccc2n1Cc1cc2ccccc2nc1Cl. The number of alkyl halides is 3. The first kappa shape index (κ1) is 22.7. The highest BCUT2D eigenvalue weighted by Crippen LogP contribution is 2.39. The molecular weight excluding hydrogens is 483 g/mol. The van der Waals surface area contributed by atoms with Gasteiger partial charge < -0.3 is 14.7 Å². The zero-order valence-corrected chi connectivity index (χ0v) is 18.5. The van der Waals surface area contributed by atoms with Gasteiger partial charge in [0.15, 0.2) is 0 Å². The number of carbonyl (C=O) groups is 1. The van der Waals surface area contributed by atoms with E-state index in [2.05, 4.69) is 9.97 Å². The molecule has 35 heavy (non-hydrogen) atoms. The number of aromatic amines is 1. The Kier molecular flexibility index (Phi) is 5.36. The summed E-state index contributed by atoms with van der Waals surface area (Å²) in [7, 11) is 0. The van der Waals surface area contributed by atoms with Gasteiger partial charge in [0.2, 0.25) is 0 Å². The number of para-hydroxylation sites is 1. The predicted octanol–water partition coefficient (Wildman–Crippen LogP) is 5.96. The Morgan fingerprint density at radius 2 is 1.86 bits per heavy atom. The van der Waals surface area contributed by atoms with Crippen LogP contribution >= 0.6 is 11.6 Å². The van der Waals surface area contributed by atoms with E-state index in [1.54, 1.807) is 18.2 Å². The second kappa shape index (κ2) is 8.28. The third-order valence-electron chi connectivity index (χ3n) is 5.76. The molecule has 0 aliphatic carbocycles. The summed E-state index contributed by atoms with van der Waals surface area (Å²) in [6.45, 7) is -0.0924. The number of halogens is 4. The second-order valence-corrected chi connectivity index (χ2v) is 8.25. The van der Waals surface area contributed by atoms with Crippen LogP contribution in [0.25, 0.3) is 32.9 Å². The van der Waals surface area contributed by atoms with Crippen molar-refractivity contribution in [2.75, 3.05) is 0 Å². The zero-order chi connectivity index (χ0) is 24.9. The molecule has 0 unspecified atom stereocenters. The molecule has 5 aromatic rings. The quantitative estimate of drug-likeness (QED) is 0.300. The smallest absolute Gasteiger partial charge is 0.416 e. The molecule has 0 radical (unpaired) electrons. The van der Waals surface area contributed by atoms with Crippen molar-refractivity contribution < 1.29 is 23.1 Å². The van der Waals surface area contributed by atoms with Gasteiger partial charge in [-0.3, -0.25) is 4.79 Å². The van der Waals surface area contributed by atoms with Crippen LogP contribution in [0, 0.1) is 0 Å². The first-order chi connectivity index (χ1) is 16.6. The molecular formula is C25H15ClF3N3O3. The summed E-state index contributed by atoms with van der Waals surface area (Å²) in [5.41, 5.74) is -0.768. The van der Waals surface area contributed by atoms with E-state index >= 15 is 0 Å². The number of aromatic nitrogens is 3. The van der Waals surface area contributed by atoms with Crippen molar-refractivity contribution in [1.82, 2.24) is 14.5 Å². The molecule has 2 aromatic carbocycles. The summed E-state index contributed by atoms with van der Waals surface area (Å²) in [6.07, 6.45) is -3.31. The van der Waals surface area contributed by atoms with Gasteiger partial charge in [-0.2, -0.15) is 13.2 Å². The van der Waals surface area contributed by atoms with Crippen molar-refractivity contribution in [2.45, 2.75) is 12.7 Å². The molecule has 3 aromatic heterocycles. The van der Waals surface area contributed by atoms with Gasteiger partial charge in [0.1, 0.15) is 10.8 Å². The summed E-state index contributed by atoms with van der Waals surface area (Å²) in [4.78, 5) is 31.8. The van der Waals surface area contributed by atoms with Crippen LogP contribution in [0.3, 0.4) is 0 Å². The van der Waals surface area contributed by atoms with E-state index in [-0.39, 0.29) is 39.4 Å². The standard InChI is InChI=1S/C25H15ClF3N3O3/c26-22-14(10-13-4-1-2-6-18(13)31-22)12-32-19-8-7-15(25(27,28)29)11-17(19)20(21(32)24(34)35)16-5-3-9-30-23(16)33/h1-11H,12H2,(H,30,33)(H,34,35). The lowest BCUT2D eigenvalue weighted by atomic mass is 10.0. The molecule has 0 bridgehead atoms. The average molecular weight is 498 g/mol. The summed E-state index contributed by atoms with van der Waals surface area (Å²) in [5, 5.41) is 11.0. The minimum Gasteiger partial charge on any atom is -0.477 e. The Morgan fingerprint density at radius 1 is 1.09 bits per heavy atom. The normalized spacial score (nSPS) is 11.9. The molecule has 0 aliphatic heterocycles. The number of rotatable bonds is 4. The van der Waals surface area contributed by atoms with Crippen LogP contribution in [-0.4, -0.2) is 25.6 Å². The highest BCUT2D eigenvalue weighted by molar-refractivity contribution is 6.30. The molecule has 0 amide bonds. The van der Waals surface area contributed by atoms with Crippen molar-refractivity contribution in [3.05, 3.63) is 99.2 Å². The lowest BCUT2D eigenvalue weighted by Gasteiger charge is -2.12. The maximum absolute atomic E-state index is 13.5. The van der Waals surface area contributed by atoms with Crippen LogP contribution in [0.5, 0.6) is 0 Å². The number of hydrogen-bond acceptors (Lipinski definition) is 3. The molecule has 0 saturated carbocycles. The molecule has 2 N–H and O–H groups in total. The van der Waals surface area contributed by atoms with Crippen LogP contribution in [-0.2, 0) is 12.7 Å². The van der Waals surface area contributed by atoms with E-state index < -0.39 is 23.3 Å². The number of carboxylic acid groups (broad SMARTS) is 1. The van der Waals surface area contributed by atoms with Crippen LogP contribution in [0.15, 0.2) is 71.7 Å². The maximum atomic E-state index is 13.5. The van der Waals surface area contributed by atoms with E-state index in [1.807, 2.05) is 12.1 Å². The number of H-pyrrole nitrogens is 1. The molecule has 0 atom stereocenters. The molecule has 5 rings (SSSR count). The molecule has 3 heterocycles. The lowest BCUT2D eigenvalue weighted by molar-refractivity contribution is -0.137. The number of hydrogen-bond donors (Lipinski definition) is 2. The Hall–Kier alpha value is -4.11. The highest BCUT2D eigenvalue weighted by atomic mass is 35.5. The van der Waals surface area contributed by atoms with Crippen molar-refractivity contribution in [1.29, 1.82) is 0 Å². The summed E-state index contributed by atoms with van der Waals surface area (Å²) < 4.78 is 41.9. The minimum absolute atomic E-state index is 0.0150. The van der Waals surface area contributed by atoms with Crippen LogP contribution in [0.1, 0.15) is 21.6 Å². The van der Waals surface area contributed by atoms with Gasteiger partial charge in [-0.15, -0.1) is 0 Å². The zero-order valence-electron chi connectivity index (χ0n) is 17.7. The molecule has 0 aliphatic rings. The molecule has 0 fully saturated rings. The van der Waals surface area contributed by atoms with Crippen LogP contribution < -0.4 is 5.56 Å². The van der Waals surface area contributed by atoms with Crippen molar-refractivity contribution >= 4 is 39.4 Å². The lowest BCUT2D eigenvalue weighted by Crippen LogP contribution is -2.14. The first-order valence-electron chi connectivity index (χ1n) is 10.3. The van der Waals surface area contributed by atoms with Gasteiger partial charge in [-0.05, 0) is 42.5 Å². The Morgan fingerprint density at radius 3 is 2.57 bits per heavy atom. The molecule has 6 nitrogen and oxygen atoms in total. The Labute approximate surface area is 200 Å². The number of nitrogens with zero attached hydrogens (tertiary/aromatic N) is 2. The number of carboxylic acids is 1. The Balaban J connectivity index is 1.84. The summed E-state index contributed by atoms with van der Waals surface area (Å²) in [6, 6.07) is 14.7.